The number of thiazole rings is 1. The predicted octanol–water partition coefficient (Wildman–Crippen LogP) is 4.18. The molecule has 2 aromatic carbocycles. The Morgan fingerprint density at radius 1 is 1.00 bits per heavy atom. The summed E-state index contributed by atoms with van der Waals surface area (Å²) in [5.74, 6) is 1.72. The molecular formula is C24H27N3O3S. The third-order valence-electron chi connectivity index (χ3n) is 5.37. The monoisotopic (exact) mass is 437 g/mol. The number of ether oxygens (including phenoxy) is 2. The van der Waals surface area contributed by atoms with Gasteiger partial charge in [0.1, 0.15) is 16.5 Å². The van der Waals surface area contributed by atoms with Crippen molar-refractivity contribution in [3.8, 4) is 22.8 Å². The first-order valence-corrected chi connectivity index (χ1v) is 11.4. The van der Waals surface area contributed by atoms with Crippen LogP contribution in [0.25, 0.3) is 11.3 Å². The van der Waals surface area contributed by atoms with E-state index in [1.807, 2.05) is 60.4 Å². The highest BCUT2D eigenvalue weighted by Crippen LogP contribution is 2.25. The van der Waals surface area contributed by atoms with Crippen molar-refractivity contribution >= 4 is 17.2 Å². The van der Waals surface area contributed by atoms with Crippen LogP contribution in [0.1, 0.15) is 22.3 Å². The molecule has 0 atom stereocenters. The maximum atomic E-state index is 12.8. The van der Waals surface area contributed by atoms with Gasteiger partial charge in [0.15, 0.2) is 0 Å². The van der Waals surface area contributed by atoms with Gasteiger partial charge in [-0.15, -0.1) is 11.3 Å². The minimum absolute atomic E-state index is 0.0822. The summed E-state index contributed by atoms with van der Waals surface area (Å²) in [6.45, 7) is 6.53. The number of amides is 1. The summed E-state index contributed by atoms with van der Waals surface area (Å²) in [7, 11) is 1.67. The number of methoxy groups -OCH3 is 1. The van der Waals surface area contributed by atoms with Crippen LogP contribution in [0.2, 0.25) is 0 Å². The SMILES string of the molecule is CCOc1ccc(C(=O)N2CCN(Cc3nc(-c4ccc(OC)cc4)cs3)CC2)cc1. The fourth-order valence-electron chi connectivity index (χ4n) is 3.62. The normalized spacial score (nSPS) is 14.5. The number of carbonyl (C=O) groups excluding carboxylic acids is 1. The smallest absolute Gasteiger partial charge is 0.253 e. The molecule has 162 valence electrons. The van der Waals surface area contributed by atoms with Crippen molar-refractivity contribution in [1.82, 2.24) is 14.8 Å². The maximum Gasteiger partial charge on any atom is 0.253 e. The highest BCUT2D eigenvalue weighted by molar-refractivity contribution is 7.09. The molecule has 31 heavy (non-hydrogen) atoms. The number of hydrogen-bond donors (Lipinski definition) is 0. The molecule has 0 N–H and O–H groups in total. The Morgan fingerprint density at radius 3 is 2.32 bits per heavy atom. The Hall–Kier alpha value is -2.90. The van der Waals surface area contributed by atoms with Crippen LogP contribution < -0.4 is 9.47 Å². The molecule has 4 rings (SSSR count). The van der Waals surface area contributed by atoms with Gasteiger partial charge in [-0.05, 0) is 55.5 Å². The zero-order chi connectivity index (χ0) is 21.6. The largest absolute Gasteiger partial charge is 0.497 e. The minimum Gasteiger partial charge on any atom is -0.497 e. The molecule has 1 fully saturated rings. The van der Waals surface area contributed by atoms with E-state index in [2.05, 4.69) is 10.3 Å². The third-order valence-corrected chi connectivity index (χ3v) is 6.20. The molecule has 1 aromatic heterocycles. The van der Waals surface area contributed by atoms with E-state index in [9.17, 15) is 4.79 Å². The van der Waals surface area contributed by atoms with E-state index in [4.69, 9.17) is 14.5 Å². The summed E-state index contributed by atoms with van der Waals surface area (Å²) in [6.07, 6.45) is 0. The lowest BCUT2D eigenvalue weighted by Crippen LogP contribution is -2.48. The topological polar surface area (TPSA) is 54.9 Å². The number of rotatable bonds is 7. The summed E-state index contributed by atoms with van der Waals surface area (Å²) >= 11 is 1.68. The van der Waals surface area contributed by atoms with Gasteiger partial charge in [0.05, 0.1) is 26.0 Å². The lowest BCUT2D eigenvalue weighted by atomic mass is 10.1. The molecule has 0 aliphatic carbocycles. The van der Waals surface area contributed by atoms with E-state index in [0.717, 1.165) is 60.5 Å². The summed E-state index contributed by atoms with van der Waals surface area (Å²) in [5, 5.41) is 3.19. The van der Waals surface area contributed by atoms with Crippen molar-refractivity contribution < 1.29 is 14.3 Å². The van der Waals surface area contributed by atoms with E-state index in [0.29, 0.717) is 12.2 Å². The van der Waals surface area contributed by atoms with Gasteiger partial charge in [0, 0.05) is 42.7 Å². The fourth-order valence-corrected chi connectivity index (χ4v) is 4.47. The zero-order valence-corrected chi connectivity index (χ0v) is 18.7. The second kappa shape index (κ2) is 9.94. The van der Waals surface area contributed by atoms with Crippen LogP contribution in [-0.4, -0.2) is 60.6 Å². The maximum absolute atomic E-state index is 12.8. The van der Waals surface area contributed by atoms with Crippen LogP contribution in [-0.2, 0) is 6.54 Å². The molecule has 0 saturated carbocycles. The predicted molar refractivity (Wildman–Crippen MR) is 123 cm³/mol. The highest BCUT2D eigenvalue weighted by atomic mass is 32.1. The van der Waals surface area contributed by atoms with Gasteiger partial charge in [-0.2, -0.15) is 0 Å². The second-order valence-electron chi connectivity index (χ2n) is 7.38. The van der Waals surface area contributed by atoms with E-state index in [-0.39, 0.29) is 5.91 Å². The zero-order valence-electron chi connectivity index (χ0n) is 17.9. The van der Waals surface area contributed by atoms with E-state index in [1.54, 1.807) is 18.4 Å². The average Bonchev–Trinajstić information content (AvgIpc) is 3.28. The molecule has 0 unspecified atom stereocenters. The molecule has 0 radical (unpaired) electrons. The standard InChI is InChI=1S/C24H27N3O3S/c1-3-30-21-10-6-19(7-11-21)24(28)27-14-12-26(13-15-27)16-23-25-22(17-31-23)18-4-8-20(29-2)9-5-18/h4-11,17H,3,12-16H2,1-2H3. The summed E-state index contributed by atoms with van der Waals surface area (Å²) in [6, 6.07) is 15.4. The first-order chi connectivity index (χ1) is 15.2. The van der Waals surface area contributed by atoms with Crippen molar-refractivity contribution in [2.75, 3.05) is 39.9 Å². The molecule has 6 nitrogen and oxygen atoms in total. The molecule has 3 aromatic rings. The summed E-state index contributed by atoms with van der Waals surface area (Å²) in [5.41, 5.74) is 2.79. The Morgan fingerprint density at radius 2 is 1.68 bits per heavy atom. The number of aromatic nitrogens is 1. The fraction of sp³-hybridized carbons (Fsp3) is 0.333. The molecule has 0 bridgehead atoms. The number of carbonyl (C=O) groups is 1. The Kier molecular flexibility index (Phi) is 6.84. The summed E-state index contributed by atoms with van der Waals surface area (Å²) < 4.78 is 10.7. The first-order valence-electron chi connectivity index (χ1n) is 10.5. The van der Waals surface area contributed by atoms with Crippen molar-refractivity contribution in [3.63, 3.8) is 0 Å². The number of hydrogen-bond acceptors (Lipinski definition) is 6. The van der Waals surface area contributed by atoms with E-state index >= 15 is 0 Å². The van der Waals surface area contributed by atoms with Crippen LogP contribution >= 0.6 is 11.3 Å². The van der Waals surface area contributed by atoms with E-state index < -0.39 is 0 Å². The molecule has 7 heteroatoms. The van der Waals surface area contributed by atoms with Gasteiger partial charge in [-0.1, -0.05) is 0 Å². The molecular weight excluding hydrogens is 410 g/mol. The molecule has 2 heterocycles. The van der Waals surface area contributed by atoms with Gasteiger partial charge < -0.3 is 14.4 Å². The van der Waals surface area contributed by atoms with Crippen LogP contribution in [0.15, 0.2) is 53.9 Å². The van der Waals surface area contributed by atoms with Gasteiger partial charge in [0.2, 0.25) is 0 Å². The molecule has 0 spiro atoms. The highest BCUT2D eigenvalue weighted by Gasteiger charge is 2.23. The Bertz CT molecular complexity index is 994. The second-order valence-corrected chi connectivity index (χ2v) is 8.32. The lowest BCUT2D eigenvalue weighted by molar-refractivity contribution is 0.0628. The van der Waals surface area contributed by atoms with Gasteiger partial charge >= 0.3 is 0 Å². The van der Waals surface area contributed by atoms with Gasteiger partial charge in [-0.3, -0.25) is 9.69 Å². The molecule has 1 saturated heterocycles. The number of piperazine rings is 1. The van der Waals surface area contributed by atoms with Crippen molar-refractivity contribution in [2.24, 2.45) is 0 Å². The average molecular weight is 438 g/mol. The van der Waals surface area contributed by atoms with Crippen LogP contribution in [0.4, 0.5) is 0 Å². The first kappa shape index (κ1) is 21.3. The lowest BCUT2D eigenvalue weighted by Gasteiger charge is -2.34. The van der Waals surface area contributed by atoms with Crippen molar-refractivity contribution in [1.29, 1.82) is 0 Å². The van der Waals surface area contributed by atoms with Gasteiger partial charge in [0.25, 0.3) is 5.91 Å². The third kappa shape index (κ3) is 5.24. The van der Waals surface area contributed by atoms with E-state index in [1.165, 1.54) is 0 Å². The van der Waals surface area contributed by atoms with Gasteiger partial charge in [-0.25, -0.2) is 4.98 Å². The van der Waals surface area contributed by atoms with Crippen LogP contribution in [0.5, 0.6) is 11.5 Å². The quantitative estimate of drug-likeness (QED) is 0.555. The van der Waals surface area contributed by atoms with Crippen LogP contribution in [0.3, 0.4) is 0 Å². The van der Waals surface area contributed by atoms with Crippen molar-refractivity contribution in [3.05, 3.63) is 64.5 Å². The Labute approximate surface area is 187 Å². The summed E-state index contributed by atoms with van der Waals surface area (Å²) in [4.78, 5) is 21.9. The molecule has 1 aliphatic heterocycles. The van der Waals surface area contributed by atoms with Crippen LogP contribution in [0, 0.1) is 0 Å². The number of nitrogens with zero attached hydrogens (tertiary/aromatic N) is 3. The molecule has 1 aliphatic rings. The van der Waals surface area contributed by atoms with Crippen molar-refractivity contribution in [2.45, 2.75) is 13.5 Å². The minimum atomic E-state index is 0.0822. The number of benzene rings is 2. The molecule has 1 amide bonds. The Balaban J connectivity index is 1.30.